The Morgan fingerprint density at radius 1 is 1.35 bits per heavy atom. The van der Waals surface area contributed by atoms with Crippen LogP contribution in [0.4, 0.5) is 0 Å². The van der Waals surface area contributed by atoms with Crippen LogP contribution in [-0.4, -0.2) is 39.9 Å². The molecule has 1 fully saturated rings. The summed E-state index contributed by atoms with van der Waals surface area (Å²) in [7, 11) is 1.78. The van der Waals surface area contributed by atoms with E-state index in [-0.39, 0.29) is 11.9 Å². The average molecular weight is 233 g/mol. The highest BCUT2D eigenvalue weighted by molar-refractivity contribution is 5.94. The standard InChI is InChI=1S/C12H15N3O2/c1-15(10-2-4-11(16)5-3-10)12(17)9-6-7-13-14-8-9/h6-8,10H,2-5H2,1H3. The maximum absolute atomic E-state index is 12.1. The number of Topliss-reactive ketones (excluding diaryl/α,β-unsaturated/α-hetero) is 1. The number of aromatic nitrogens is 2. The van der Waals surface area contributed by atoms with Gasteiger partial charge >= 0.3 is 0 Å². The van der Waals surface area contributed by atoms with Gasteiger partial charge in [-0.1, -0.05) is 0 Å². The molecule has 1 aromatic rings. The van der Waals surface area contributed by atoms with Gasteiger partial charge in [0.25, 0.3) is 5.91 Å². The Hall–Kier alpha value is -1.78. The van der Waals surface area contributed by atoms with E-state index in [1.807, 2.05) is 0 Å². The zero-order chi connectivity index (χ0) is 12.3. The van der Waals surface area contributed by atoms with Crippen molar-refractivity contribution in [3.8, 4) is 0 Å². The molecule has 1 saturated carbocycles. The van der Waals surface area contributed by atoms with E-state index in [4.69, 9.17) is 0 Å². The van der Waals surface area contributed by atoms with Crippen LogP contribution in [0.2, 0.25) is 0 Å². The Morgan fingerprint density at radius 3 is 2.65 bits per heavy atom. The second kappa shape index (κ2) is 5.03. The summed E-state index contributed by atoms with van der Waals surface area (Å²) in [5.74, 6) is 0.243. The number of amides is 1. The lowest BCUT2D eigenvalue weighted by atomic mass is 9.93. The van der Waals surface area contributed by atoms with Gasteiger partial charge in [-0.05, 0) is 18.9 Å². The molecule has 0 bridgehead atoms. The third-order valence-electron chi connectivity index (χ3n) is 3.21. The van der Waals surface area contributed by atoms with Crippen LogP contribution in [0.15, 0.2) is 18.5 Å². The Kier molecular flexibility index (Phi) is 3.46. The van der Waals surface area contributed by atoms with Gasteiger partial charge in [0.15, 0.2) is 0 Å². The van der Waals surface area contributed by atoms with Crippen molar-refractivity contribution in [3.05, 3.63) is 24.0 Å². The van der Waals surface area contributed by atoms with Crippen LogP contribution < -0.4 is 0 Å². The van der Waals surface area contributed by atoms with E-state index in [1.165, 1.54) is 12.4 Å². The second-order valence-corrected chi connectivity index (χ2v) is 4.32. The minimum absolute atomic E-state index is 0.0563. The predicted molar refractivity (Wildman–Crippen MR) is 61.4 cm³/mol. The fourth-order valence-corrected chi connectivity index (χ4v) is 2.10. The van der Waals surface area contributed by atoms with Crippen molar-refractivity contribution in [2.24, 2.45) is 0 Å². The van der Waals surface area contributed by atoms with Crippen molar-refractivity contribution in [1.82, 2.24) is 15.1 Å². The van der Waals surface area contributed by atoms with Gasteiger partial charge in [-0.2, -0.15) is 10.2 Å². The lowest BCUT2D eigenvalue weighted by Crippen LogP contribution is -2.39. The van der Waals surface area contributed by atoms with Gasteiger partial charge < -0.3 is 4.90 Å². The summed E-state index contributed by atoms with van der Waals surface area (Å²) in [5, 5.41) is 7.34. The summed E-state index contributed by atoms with van der Waals surface area (Å²) in [6.45, 7) is 0. The molecule has 1 heterocycles. The molecule has 2 rings (SSSR count). The first kappa shape index (κ1) is 11.7. The van der Waals surface area contributed by atoms with E-state index < -0.39 is 0 Å². The van der Waals surface area contributed by atoms with Gasteiger partial charge in [0.1, 0.15) is 5.78 Å². The number of hydrogen-bond donors (Lipinski definition) is 0. The molecule has 17 heavy (non-hydrogen) atoms. The van der Waals surface area contributed by atoms with E-state index >= 15 is 0 Å². The normalized spacial score (nSPS) is 16.9. The van der Waals surface area contributed by atoms with Crippen LogP contribution >= 0.6 is 0 Å². The fraction of sp³-hybridized carbons (Fsp3) is 0.500. The van der Waals surface area contributed by atoms with Crippen molar-refractivity contribution in [2.75, 3.05) is 7.05 Å². The van der Waals surface area contributed by atoms with Gasteiger partial charge in [0.2, 0.25) is 0 Å². The van der Waals surface area contributed by atoms with Crippen molar-refractivity contribution < 1.29 is 9.59 Å². The molecule has 1 aliphatic carbocycles. The first-order valence-electron chi connectivity index (χ1n) is 5.74. The van der Waals surface area contributed by atoms with E-state index in [9.17, 15) is 9.59 Å². The molecule has 1 aromatic heterocycles. The quantitative estimate of drug-likeness (QED) is 0.766. The molecule has 5 nitrogen and oxygen atoms in total. The average Bonchev–Trinajstić information content (AvgIpc) is 2.39. The molecule has 5 heteroatoms. The third kappa shape index (κ3) is 2.67. The summed E-state index contributed by atoms with van der Waals surface area (Å²) in [6.07, 6.45) is 5.66. The van der Waals surface area contributed by atoms with Crippen LogP contribution in [0.5, 0.6) is 0 Å². The molecular weight excluding hydrogens is 218 g/mol. The van der Waals surface area contributed by atoms with Gasteiger partial charge in [-0.25, -0.2) is 0 Å². The summed E-state index contributed by atoms with van der Waals surface area (Å²) >= 11 is 0. The summed E-state index contributed by atoms with van der Waals surface area (Å²) < 4.78 is 0. The van der Waals surface area contributed by atoms with Crippen LogP contribution in [0.25, 0.3) is 0 Å². The minimum Gasteiger partial charge on any atom is -0.339 e. The smallest absolute Gasteiger partial charge is 0.255 e. The molecule has 0 aromatic carbocycles. The maximum Gasteiger partial charge on any atom is 0.255 e. The van der Waals surface area contributed by atoms with Crippen LogP contribution in [0.1, 0.15) is 36.0 Å². The number of ketones is 1. The maximum atomic E-state index is 12.1. The van der Waals surface area contributed by atoms with Gasteiger partial charge in [0, 0.05) is 25.9 Å². The highest BCUT2D eigenvalue weighted by Gasteiger charge is 2.25. The zero-order valence-electron chi connectivity index (χ0n) is 9.80. The van der Waals surface area contributed by atoms with E-state index in [1.54, 1.807) is 18.0 Å². The number of nitrogens with zero attached hydrogens (tertiary/aromatic N) is 3. The van der Waals surface area contributed by atoms with Crippen molar-refractivity contribution in [2.45, 2.75) is 31.7 Å². The number of rotatable bonds is 2. The van der Waals surface area contributed by atoms with Crippen molar-refractivity contribution in [3.63, 3.8) is 0 Å². The monoisotopic (exact) mass is 233 g/mol. The van der Waals surface area contributed by atoms with Gasteiger partial charge in [-0.3, -0.25) is 9.59 Å². The van der Waals surface area contributed by atoms with Crippen molar-refractivity contribution >= 4 is 11.7 Å². The fourth-order valence-electron chi connectivity index (χ4n) is 2.10. The number of carbonyl (C=O) groups is 2. The Balaban J connectivity index is 2.03. The summed E-state index contributed by atoms with van der Waals surface area (Å²) in [4.78, 5) is 25.0. The van der Waals surface area contributed by atoms with Crippen LogP contribution in [0.3, 0.4) is 0 Å². The summed E-state index contributed by atoms with van der Waals surface area (Å²) in [5.41, 5.74) is 0.541. The summed E-state index contributed by atoms with van der Waals surface area (Å²) in [6, 6.07) is 1.81. The molecular formula is C12H15N3O2. The number of carbonyl (C=O) groups excluding carboxylic acids is 2. The molecule has 90 valence electrons. The largest absolute Gasteiger partial charge is 0.339 e. The molecule has 1 aliphatic rings. The predicted octanol–water partition coefficient (Wildman–Crippen LogP) is 1.06. The highest BCUT2D eigenvalue weighted by atomic mass is 16.2. The number of hydrogen-bond acceptors (Lipinski definition) is 4. The molecule has 0 radical (unpaired) electrons. The lowest BCUT2D eigenvalue weighted by molar-refractivity contribution is -0.121. The first-order valence-corrected chi connectivity index (χ1v) is 5.74. The molecule has 0 saturated heterocycles. The molecule has 0 aliphatic heterocycles. The third-order valence-corrected chi connectivity index (χ3v) is 3.21. The van der Waals surface area contributed by atoms with Crippen LogP contribution in [0, 0.1) is 0 Å². The lowest BCUT2D eigenvalue weighted by Gasteiger charge is -2.30. The highest BCUT2D eigenvalue weighted by Crippen LogP contribution is 2.20. The minimum atomic E-state index is -0.0563. The zero-order valence-corrected chi connectivity index (χ0v) is 9.80. The topological polar surface area (TPSA) is 63.2 Å². The Morgan fingerprint density at radius 2 is 2.06 bits per heavy atom. The molecule has 1 amide bonds. The first-order chi connectivity index (χ1) is 8.18. The van der Waals surface area contributed by atoms with Crippen LogP contribution in [-0.2, 0) is 4.79 Å². The van der Waals surface area contributed by atoms with Crippen molar-refractivity contribution in [1.29, 1.82) is 0 Å². The van der Waals surface area contributed by atoms with Gasteiger partial charge in [0.05, 0.1) is 18.0 Å². The molecule has 0 spiro atoms. The van der Waals surface area contributed by atoms with Gasteiger partial charge in [-0.15, -0.1) is 0 Å². The SMILES string of the molecule is CN(C(=O)c1ccnnc1)C1CCC(=O)CC1. The molecule has 0 atom stereocenters. The molecule has 0 unspecified atom stereocenters. The Labute approximate surface area is 99.8 Å². The Bertz CT molecular complexity index is 409. The van der Waals surface area contributed by atoms with E-state index in [2.05, 4.69) is 10.2 Å². The second-order valence-electron chi connectivity index (χ2n) is 4.32. The van der Waals surface area contributed by atoms with E-state index in [0.717, 1.165) is 12.8 Å². The van der Waals surface area contributed by atoms with E-state index in [0.29, 0.717) is 24.2 Å². The molecule has 0 N–H and O–H groups in total.